The average Bonchev–Trinajstić information content (AvgIpc) is 2.55. The fraction of sp³-hybridized carbons (Fsp3) is 0.684. The summed E-state index contributed by atoms with van der Waals surface area (Å²) in [5.74, 6) is 1.72. The SMILES string of the molecule is CC.CC(C)OCCOc1ccc(C2CCCCC2)cc1. The Balaban J connectivity index is 0.00000106. The smallest absolute Gasteiger partial charge is 0.119 e. The molecule has 1 saturated carbocycles. The predicted molar refractivity (Wildman–Crippen MR) is 90.2 cm³/mol. The quantitative estimate of drug-likeness (QED) is 0.639. The normalized spacial score (nSPS) is 15.5. The molecule has 21 heavy (non-hydrogen) atoms. The van der Waals surface area contributed by atoms with Gasteiger partial charge in [0.05, 0.1) is 12.7 Å². The van der Waals surface area contributed by atoms with Crippen LogP contribution in [-0.2, 0) is 4.74 Å². The van der Waals surface area contributed by atoms with Gasteiger partial charge >= 0.3 is 0 Å². The molecule has 1 aromatic rings. The number of benzene rings is 1. The molecular weight excluding hydrogens is 260 g/mol. The molecular formula is C19H32O2. The van der Waals surface area contributed by atoms with Crippen LogP contribution in [-0.4, -0.2) is 19.3 Å². The molecule has 1 aromatic carbocycles. The maximum absolute atomic E-state index is 5.67. The van der Waals surface area contributed by atoms with Crippen LogP contribution in [0.15, 0.2) is 24.3 Å². The molecule has 0 aromatic heterocycles. The summed E-state index contributed by atoms with van der Waals surface area (Å²) in [6.07, 6.45) is 7.15. The van der Waals surface area contributed by atoms with E-state index in [0.29, 0.717) is 13.2 Å². The first-order valence-electron chi connectivity index (χ1n) is 8.60. The molecule has 0 radical (unpaired) electrons. The predicted octanol–water partition coefficient (Wildman–Crippen LogP) is 5.56. The fourth-order valence-electron chi connectivity index (χ4n) is 2.72. The van der Waals surface area contributed by atoms with Crippen molar-refractivity contribution in [3.63, 3.8) is 0 Å². The molecule has 0 amide bonds. The summed E-state index contributed by atoms with van der Waals surface area (Å²) in [4.78, 5) is 0. The van der Waals surface area contributed by atoms with Crippen molar-refractivity contribution in [3.05, 3.63) is 29.8 Å². The van der Waals surface area contributed by atoms with Crippen molar-refractivity contribution in [3.8, 4) is 5.75 Å². The first kappa shape index (κ1) is 18.0. The Bertz CT molecular complexity index is 350. The minimum absolute atomic E-state index is 0.275. The Kier molecular flexibility index (Phi) is 9.16. The van der Waals surface area contributed by atoms with Gasteiger partial charge in [0, 0.05) is 0 Å². The Labute approximate surface area is 130 Å². The van der Waals surface area contributed by atoms with E-state index in [1.165, 1.54) is 37.7 Å². The van der Waals surface area contributed by atoms with E-state index in [9.17, 15) is 0 Å². The second-order valence-electron chi connectivity index (χ2n) is 5.67. The number of hydrogen-bond acceptors (Lipinski definition) is 2. The molecule has 1 aliphatic carbocycles. The van der Waals surface area contributed by atoms with Crippen molar-refractivity contribution in [2.45, 2.75) is 71.8 Å². The zero-order chi connectivity index (χ0) is 15.5. The van der Waals surface area contributed by atoms with Gasteiger partial charge in [0.2, 0.25) is 0 Å². The monoisotopic (exact) mass is 292 g/mol. The maximum Gasteiger partial charge on any atom is 0.119 e. The lowest BCUT2D eigenvalue weighted by atomic mass is 9.84. The van der Waals surface area contributed by atoms with E-state index in [-0.39, 0.29) is 6.10 Å². The fourth-order valence-corrected chi connectivity index (χ4v) is 2.72. The summed E-state index contributed by atoms with van der Waals surface area (Å²) < 4.78 is 11.1. The lowest BCUT2D eigenvalue weighted by Gasteiger charge is -2.22. The number of rotatable bonds is 6. The molecule has 1 aliphatic rings. The van der Waals surface area contributed by atoms with E-state index < -0.39 is 0 Å². The first-order chi connectivity index (χ1) is 10.3. The van der Waals surface area contributed by atoms with E-state index in [2.05, 4.69) is 24.3 Å². The van der Waals surface area contributed by atoms with Gasteiger partial charge in [-0.15, -0.1) is 0 Å². The largest absolute Gasteiger partial charge is 0.491 e. The van der Waals surface area contributed by atoms with Gasteiger partial charge in [0.15, 0.2) is 0 Å². The molecule has 0 saturated heterocycles. The van der Waals surface area contributed by atoms with Crippen LogP contribution in [0.25, 0.3) is 0 Å². The van der Waals surface area contributed by atoms with Crippen LogP contribution in [0.1, 0.15) is 71.3 Å². The molecule has 120 valence electrons. The first-order valence-corrected chi connectivity index (χ1v) is 8.60. The van der Waals surface area contributed by atoms with E-state index in [1.54, 1.807) is 0 Å². The second-order valence-corrected chi connectivity index (χ2v) is 5.67. The van der Waals surface area contributed by atoms with Crippen LogP contribution in [0.2, 0.25) is 0 Å². The summed E-state index contributed by atoms with van der Waals surface area (Å²) in [6.45, 7) is 9.36. The standard InChI is InChI=1S/C17H26O2.C2H6/c1-14(2)18-12-13-19-17-10-8-16(9-11-17)15-6-4-3-5-7-15;1-2/h8-11,14-15H,3-7,12-13H2,1-2H3;1-2H3. The highest BCUT2D eigenvalue weighted by Gasteiger charge is 2.15. The van der Waals surface area contributed by atoms with Gasteiger partial charge in [-0.3, -0.25) is 0 Å². The summed E-state index contributed by atoms with van der Waals surface area (Å²) in [5.41, 5.74) is 1.48. The minimum atomic E-state index is 0.275. The Morgan fingerprint density at radius 2 is 1.57 bits per heavy atom. The van der Waals surface area contributed by atoms with Gasteiger partial charge in [-0.05, 0) is 50.3 Å². The van der Waals surface area contributed by atoms with E-state index in [0.717, 1.165) is 11.7 Å². The van der Waals surface area contributed by atoms with E-state index in [1.807, 2.05) is 27.7 Å². The number of hydrogen-bond donors (Lipinski definition) is 0. The lowest BCUT2D eigenvalue weighted by molar-refractivity contribution is 0.0552. The number of ether oxygens (including phenoxy) is 2. The average molecular weight is 292 g/mol. The van der Waals surface area contributed by atoms with Crippen molar-refractivity contribution in [1.29, 1.82) is 0 Å². The molecule has 0 aliphatic heterocycles. The minimum Gasteiger partial charge on any atom is -0.491 e. The topological polar surface area (TPSA) is 18.5 Å². The highest BCUT2D eigenvalue weighted by molar-refractivity contribution is 5.29. The molecule has 0 unspecified atom stereocenters. The van der Waals surface area contributed by atoms with Crippen molar-refractivity contribution in [2.24, 2.45) is 0 Å². The van der Waals surface area contributed by atoms with Crippen LogP contribution in [0.3, 0.4) is 0 Å². The van der Waals surface area contributed by atoms with Crippen LogP contribution in [0.5, 0.6) is 5.75 Å². The Morgan fingerprint density at radius 3 is 2.14 bits per heavy atom. The van der Waals surface area contributed by atoms with E-state index in [4.69, 9.17) is 9.47 Å². The van der Waals surface area contributed by atoms with Gasteiger partial charge < -0.3 is 9.47 Å². The molecule has 2 heteroatoms. The van der Waals surface area contributed by atoms with Crippen molar-refractivity contribution < 1.29 is 9.47 Å². The van der Waals surface area contributed by atoms with Gasteiger partial charge in [-0.25, -0.2) is 0 Å². The van der Waals surface area contributed by atoms with Gasteiger partial charge in [0.1, 0.15) is 12.4 Å². The van der Waals surface area contributed by atoms with Crippen molar-refractivity contribution in [1.82, 2.24) is 0 Å². The van der Waals surface area contributed by atoms with Crippen LogP contribution >= 0.6 is 0 Å². The summed E-state index contributed by atoms with van der Waals surface area (Å²) in [5, 5.41) is 0. The highest BCUT2D eigenvalue weighted by atomic mass is 16.5. The molecule has 0 spiro atoms. The summed E-state index contributed by atoms with van der Waals surface area (Å²) >= 11 is 0. The third kappa shape index (κ3) is 6.99. The van der Waals surface area contributed by atoms with Gasteiger partial charge in [0.25, 0.3) is 0 Å². The summed E-state index contributed by atoms with van der Waals surface area (Å²) in [7, 11) is 0. The molecule has 2 rings (SSSR count). The maximum atomic E-state index is 5.67. The third-order valence-electron chi connectivity index (χ3n) is 3.76. The second kappa shape index (κ2) is 10.7. The van der Waals surface area contributed by atoms with Crippen LogP contribution < -0.4 is 4.74 Å². The molecule has 1 fully saturated rings. The van der Waals surface area contributed by atoms with Crippen LogP contribution in [0.4, 0.5) is 0 Å². The summed E-state index contributed by atoms with van der Waals surface area (Å²) in [6, 6.07) is 8.65. The molecule has 0 bridgehead atoms. The molecule has 0 N–H and O–H groups in total. The van der Waals surface area contributed by atoms with Gasteiger partial charge in [-0.2, -0.15) is 0 Å². The zero-order valence-corrected chi connectivity index (χ0v) is 14.2. The van der Waals surface area contributed by atoms with Crippen LogP contribution in [0, 0.1) is 0 Å². The lowest BCUT2D eigenvalue weighted by Crippen LogP contribution is -2.11. The van der Waals surface area contributed by atoms with Gasteiger partial charge in [-0.1, -0.05) is 45.2 Å². The van der Waals surface area contributed by atoms with Crippen molar-refractivity contribution >= 4 is 0 Å². The highest BCUT2D eigenvalue weighted by Crippen LogP contribution is 2.33. The molecule has 2 nitrogen and oxygen atoms in total. The Hall–Kier alpha value is -1.02. The Morgan fingerprint density at radius 1 is 0.952 bits per heavy atom. The van der Waals surface area contributed by atoms with E-state index >= 15 is 0 Å². The zero-order valence-electron chi connectivity index (χ0n) is 14.2. The third-order valence-corrected chi connectivity index (χ3v) is 3.76. The molecule has 0 atom stereocenters. The van der Waals surface area contributed by atoms with Crippen molar-refractivity contribution in [2.75, 3.05) is 13.2 Å². The molecule has 0 heterocycles.